The zero-order valence-corrected chi connectivity index (χ0v) is 9.09. The minimum atomic E-state index is 0.0222. The highest BCUT2D eigenvalue weighted by atomic mass is 14.8. The predicted octanol–water partition coefficient (Wildman–Crippen LogP) is 2.85. The number of hydrogen-bond donors (Lipinski definition) is 1. The third kappa shape index (κ3) is 1.27. The van der Waals surface area contributed by atoms with Gasteiger partial charge in [-0.2, -0.15) is 0 Å². The second kappa shape index (κ2) is 3.09. The second-order valence-corrected chi connectivity index (χ2v) is 5.00. The van der Waals surface area contributed by atoms with Crippen LogP contribution in [0.5, 0.6) is 0 Å². The van der Waals surface area contributed by atoms with E-state index in [4.69, 9.17) is 5.73 Å². The first kappa shape index (κ1) is 9.72. The summed E-state index contributed by atoms with van der Waals surface area (Å²) in [6, 6.07) is 10.6. The highest BCUT2D eigenvalue weighted by molar-refractivity contribution is 5.30. The molecule has 0 radical (unpaired) electrons. The maximum Gasteiger partial charge on any atom is 0.0247 e. The Labute approximate surface area is 86.3 Å². The molecule has 1 aromatic carbocycles. The molecule has 0 unspecified atom stereocenters. The van der Waals surface area contributed by atoms with Crippen LogP contribution in [-0.2, 0) is 5.41 Å². The molecule has 76 valence electrons. The van der Waals surface area contributed by atoms with Crippen molar-refractivity contribution >= 4 is 0 Å². The van der Waals surface area contributed by atoms with Gasteiger partial charge in [0.2, 0.25) is 0 Å². The summed E-state index contributed by atoms with van der Waals surface area (Å²) in [6.45, 7) is 4.53. The lowest BCUT2D eigenvalue weighted by Crippen LogP contribution is -2.59. The number of benzene rings is 1. The third-order valence-electron chi connectivity index (χ3n) is 3.99. The molecule has 0 bridgehead atoms. The molecule has 1 heteroatoms. The van der Waals surface area contributed by atoms with Crippen molar-refractivity contribution < 1.29 is 0 Å². The molecule has 1 aliphatic rings. The molecule has 0 aromatic heterocycles. The third-order valence-corrected chi connectivity index (χ3v) is 3.99. The van der Waals surface area contributed by atoms with Crippen LogP contribution in [0.3, 0.4) is 0 Å². The van der Waals surface area contributed by atoms with Crippen LogP contribution in [0.15, 0.2) is 30.3 Å². The van der Waals surface area contributed by atoms with Gasteiger partial charge in [-0.25, -0.2) is 0 Å². The lowest BCUT2D eigenvalue weighted by Gasteiger charge is -2.51. The largest absolute Gasteiger partial charge is 0.324 e. The van der Waals surface area contributed by atoms with E-state index in [2.05, 4.69) is 44.2 Å². The first-order valence-electron chi connectivity index (χ1n) is 5.41. The Morgan fingerprint density at radius 1 is 1.14 bits per heavy atom. The molecule has 1 fully saturated rings. The fourth-order valence-electron chi connectivity index (χ4n) is 2.32. The molecule has 1 aromatic rings. The van der Waals surface area contributed by atoms with Crippen molar-refractivity contribution in [2.45, 2.75) is 44.1 Å². The molecule has 0 atom stereocenters. The Bertz CT molecular complexity index is 309. The van der Waals surface area contributed by atoms with Gasteiger partial charge >= 0.3 is 0 Å². The Hall–Kier alpha value is -0.820. The molecule has 2 rings (SSSR count). The summed E-state index contributed by atoms with van der Waals surface area (Å²) in [4.78, 5) is 0. The summed E-state index contributed by atoms with van der Waals surface area (Å²) in [5, 5.41) is 0. The Morgan fingerprint density at radius 2 is 1.71 bits per heavy atom. The first-order chi connectivity index (χ1) is 6.56. The van der Waals surface area contributed by atoms with Crippen molar-refractivity contribution in [3.8, 4) is 0 Å². The standard InChI is InChI=1S/C13H19N/c1-12(2,13(14)9-6-10-13)11-7-4-3-5-8-11/h3-5,7-8H,6,9-10,14H2,1-2H3. The van der Waals surface area contributed by atoms with E-state index in [1.54, 1.807) is 0 Å². The molecule has 0 heterocycles. The van der Waals surface area contributed by atoms with Gasteiger partial charge in [0.15, 0.2) is 0 Å². The van der Waals surface area contributed by atoms with E-state index < -0.39 is 0 Å². The smallest absolute Gasteiger partial charge is 0.0247 e. The maximum atomic E-state index is 6.41. The number of hydrogen-bond acceptors (Lipinski definition) is 1. The molecular weight excluding hydrogens is 170 g/mol. The van der Waals surface area contributed by atoms with Crippen LogP contribution in [0.1, 0.15) is 38.7 Å². The van der Waals surface area contributed by atoms with Crippen LogP contribution in [0.25, 0.3) is 0 Å². The summed E-state index contributed by atoms with van der Waals surface area (Å²) < 4.78 is 0. The van der Waals surface area contributed by atoms with Crippen LogP contribution < -0.4 is 5.73 Å². The molecular formula is C13H19N. The van der Waals surface area contributed by atoms with Crippen LogP contribution in [0, 0.1) is 0 Å². The van der Waals surface area contributed by atoms with Gasteiger partial charge in [-0.3, -0.25) is 0 Å². The first-order valence-corrected chi connectivity index (χ1v) is 5.41. The van der Waals surface area contributed by atoms with Gasteiger partial charge in [0.05, 0.1) is 0 Å². The minimum Gasteiger partial charge on any atom is -0.324 e. The topological polar surface area (TPSA) is 26.0 Å². The van der Waals surface area contributed by atoms with Crippen molar-refractivity contribution in [1.29, 1.82) is 0 Å². The Kier molecular flexibility index (Phi) is 2.15. The van der Waals surface area contributed by atoms with Gasteiger partial charge in [-0.1, -0.05) is 44.2 Å². The van der Waals surface area contributed by atoms with Crippen molar-refractivity contribution in [2.75, 3.05) is 0 Å². The highest BCUT2D eigenvalue weighted by Crippen LogP contribution is 2.45. The molecule has 0 spiro atoms. The van der Waals surface area contributed by atoms with Gasteiger partial charge in [-0.05, 0) is 24.8 Å². The van der Waals surface area contributed by atoms with Crippen molar-refractivity contribution in [3.05, 3.63) is 35.9 Å². The van der Waals surface area contributed by atoms with E-state index in [0.29, 0.717) is 0 Å². The van der Waals surface area contributed by atoms with Crippen LogP contribution in [-0.4, -0.2) is 5.54 Å². The molecule has 0 amide bonds. The summed E-state index contributed by atoms with van der Waals surface area (Å²) in [6.07, 6.45) is 3.61. The fraction of sp³-hybridized carbons (Fsp3) is 0.538. The zero-order chi connectivity index (χ0) is 10.2. The summed E-state index contributed by atoms with van der Waals surface area (Å²) in [7, 11) is 0. The average molecular weight is 189 g/mol. The maximum absolute atomic E-state index is 6.41. The Balaban J connectivity index is 2.32. The molecule has 14 heavy (non-hydrogen) atoms. The minimum absolute atomic E-state index is 0.0222. The zero-order valence-electron chi connectivity index (χ0n) is 9.09. The lowest BCUT2D eigenvalue weighted by molar-refractivity contribution is 0.141. The predicted molar refractivity (Wildman–Crippen MR) is 60.2 cm³/mol. The molecule has 0 saturated heterocycles. The summed E-state index contributed by atoms with van der Waals surface area (Å²) in [5.41, 5.74) is 7.90. The van der Waals surface area contributed by atoms with Crippen LogP contribution in [0.2, 0.25) is 0 Å². The van der Waals surface area contributed by atoms with Gasteiger partial charge in [0, 0.05) is 11.0 Å². The molecule has 0 aliphatic heterocycles. The number of nitrogens with two attached hydrogens (primary N) is 1. The van der Waals surface area contributed by atoms with E-state index in [9.17, 15) is 0 Å². The normalized spacial score (nSPS) is 20.2. The Morgan fingerprint density at radius 3 is 2.14 bits per heavy atom. The highest BCUT2D eigenvalue weighted by Gasteiger charge is 2.46. The van der Waals surface area contributed by atoms with Gasteiger partial charge in [0.1, 0.15) is 0 Å². The average Bonchev–Trinajstić information content (AvgIpc) is 2.15. The molecule has 1 nitrogen and oxygen atoms in total. The van der Waals surface area contributed by atoms with E-state index in [1.165, 1.54) is 12.0 Å². The van der Waals surface area contributed by atoms with E-state index >= 15 is 0 Å². The van der Waals surface area contributed by atoms with Crippen molar-refractivity contribution in [3.63, 3.8) is 0 Å². The quantitative estimate of drug-likeness (QED) is 0.760. The van der Waals surface area contributed by atoms with E-state index in [0.717, 1.165) is 12.8 Å². The monoisotopic (exact) mass is 189 g/mol. The van der Waals surface area contributed by atoms with Crippen LogP contribution in [0.4, 0.5) is 0 Å². The van der Waals surface area contributed by atoms with Gasteiger partial charge in [0.25, 0.3) is 0 Å². The second-order valence-electron chi connectivity index (χ2n) is 5.00. The van der Waals surface area contributed by atoms with Gasteiger partial charge in [-0.15, -0.1) is 0 Å². The summed E-state index contributed by atoms with van der Waals surface area (Å²) in [5.74, 6) is 0. The van der Waals surface area contributed by atoms with E-state index in [-0.39, 0.29) is 11.0 Å². The number of rotatable bonds is 2. The van der Waals surface area contributed by atoms with Crippen molar-refractivity contribution in [2.24, 2.45) is 5.73 Å². The SMILES string of the molecule is CC(C)(c1ccccc1)C1(N)CCC1. The molecule has 2 N–H and O–H groups in total. The lowest BCUT2D eigenvalue weighted by atomic mass is 9.58. The van der Waals surface area contributed by atoms with Crippen LogP contribution >= 0.6 is 0 Å². The van der Waals surface area contributed by atoms with E-state index in [1.807, 2.05) is 0 Å². The van der Waals surface area contributed by atoms with Crippen molar-refractivity contribution in [1.82, 2.24) is 0 Å². The fourth-order valence-corrected chi connectivity index (χ4v) is 2.32. The molecule has 1 aliphatic carbocycles. The summed E-state index contributed by atoms with van der Waals surface area (Å²) >= 11 is 0. The molecule has 1 saturated carbocycles. The van der Waals surface area contributed by atoms with Gasteiger partial charge < -0.3 is 5.73 Å².